The van der Waals surface area contributed by atoms with Crippen LogP contribution in [0.25, 0.3) is 11.3 Å². The molecule has 42 heavy (non-hydrogen) atoms. The summed E-state index contributed by atoms with van der Waals surface area (Å²) in [5.41, 5.74) is 6.36. The number of ketones is 1. The summed E-state index contributed by atoms with van der Waals surface area (Å²) in [6.07, 6.45) is 6.07. The first-order chi connectivity index (χ1) is 20.4. The number of aliphatic hydroxyl groups is 1. The van der Waals surface area contributed by atoms with Crippen LogP contribution in [0.4, 0.5) is 17.2 Å². The summed E-state index contributed by atoms with van der Waals surface area (Å²) in [6.45, 7) is 2.18. The minimum Gasteiger partial charge on any atom is -0.392 e. The molecule has 0 atom stereocenters. The van der Waals surface area contributed by atoms with Crippen molar-refractivity contribution in [3.63, 3.8) is 0 Å². The lowest BCUT2D eigenvalue weighted by Crippen LogP contribution is -2.38. The van der Waals surface area contributed by atoms with Gasteiger partial charge in [-0.25, -0.2) is 4.98 Å². The predicted octanol–water partition coefficient (Wildman–Crippen LogP) is 5.75. The Morgan fingerprint density at radius 3 is 2.55 bits per heavy atom. The predicted molar refractivity (Wildman–Crippen MR) is 164 cm³/mol. The van der Waals surface area contributed by atoms with E-state index in [4.69, 9.17) is 0 Å². The molecule has 0 unspecified atom stereocenters. The molecule has 2 aliphatic rings. The Kier molecular flexibility index (Phi) is 7.47. The minimum absolute atomic E-state index is 0.0789. The number of carbonyl (C=O) groups is 2. The third kappa shape index (κ3) is 5.25. The maximum absolute atomic E-state index is 13.6. The van der Waals surface area contributed by atoms with Crippen molar-refractivity contribution >= 4 is 28.9 Å². The van der Waals surface area contributed by atoms with Crippen molar-refractivity contribution in [2.45, 2.75) is 51.6 Å². The van der Waals surface area contributed by atoms with Gasteiger partial charge < -0.3 is 19.9 Å². The molecule has 0 saturated heterocycles. The fraction of sp³-hybridized carbons (Fsp3) is 0.294. The van der Waals surface area contributed by atoms with Crippen LogP contribution in [0.5, 0.6) is 0 Å². The van der Waals surface area contributed by atoms with Crippen LogP contribution in [0.3, 0.4) is 0 Å². The Morgan fingerprint density at radius 1 is 1.05 bits per heavy atom. The number of aromatic nitrogens is 2. The van der Waals surface area contributed by atoms with Gasteiger partial charge in [0.15, 0.2) is 11.6 Å². The van der Waals surface area contributed by atoms with E-state index in [1.165, 1.54) is 23.0 Å². The maximum atomic E-state index is 13.6. The molecule has 3 aromatic carbocycles. The number of carbonyl (C=O) groups excluding carboxylic acids is 2. The summed E-state index contributed by atoms with van der Waals surface area (Å²) in [4.78, 5) is 45.2. The lowest BCUT2D eigenvalue weighted by Gasteiger charge is -2.31. The SMILES string of the molecule is CCCC(=O)c1ccc(Nc2nc(-c3cccc(N4CCc5cc(C6CC6)ccc5C4=O)c3CO)cn(C)c2=O)cc1. The molecule has 2 heterocycles. The lowest BCUT2D eigenvalue weighted by molar-refractivity contribution is 0.0973. The highest BCUT2D eigenvalue weighted by Gasteiger charge is 2.30. The highest BCUT2D eigenvalue weighted by molar-refractivity contribution is 6.09. The van der Waals surface area contributed by atoms with Crippen LogP contribution >= 0.6 is 0 Å². The number of amides is 1. The largest absolute Gasteiger partial charge is 0.392 e. The van der Waals surface area contributed by atoms with Gasteiger partial charge in [0.25, 0.3) is 11.5 Å². The second-order valence-electron chi connectivity index (χ2n) is 11.1. The third-order valence-electron chi connectivity index (χ3n) is 8.15. The summed E-state index contributed by atoms with van der Waals surface area (Å²) in [5, 5.41) is 13.6. The van der Waals surface area contributed by atoms with Gasteiger partial charge in [-0.1, -0.05) is 31.2 Å². The van der Waals surface area contributed by atoms with E-state index < -0.39 is 0 Å². The van der Waals surface area contributed by atoms with Gasteiger partial charge >= 0.3 is 0 Å². The maximum Gasteiger partial charge on any atom is 0.293 e. The molecule has 4 aromatic rings. The van der Waals surface area contributed by atoms with E-state index in [1.54, 1.807) is 42.4 Å². The van der Waals surface area contributed by atoms with Gasteiger partial charge in [-0.05, 0) is 79.1 Å². The van der Waals surface area contributed by atoms with Crippen molar-refractivity contribution in [3.8, 4) is 11.3 Å². The van der Waals surface area contributed by atoms with Crippen molar-refractivity contribution < 1.29 is 14.7 Å². The molecule has 0 spiro atoms. The molecule has 1 aliphatic heterocycles. The first-order valence-corrected chi connectivity index (χ1v) is 14.5. The number of rotatable bonds is 9. The van der Waals surface area contributed by atoms with Crippen molar-refractivity contribution in [1.82, 2.24) is 9.55 Å². The molecule has 214 valence electrons. The number of aryl methyl sites for hydroxylation is 1. The van der Waals surface area contributed by atoms with Crippen LogP contribution in [0.1, 0.15) is 75.9 Å². The molecule has 0 radical (unpaired) electrons. The molecule has 1 aromatic heterocycles. The zero-order valence-electron chi connectivity index (χ0n) is 23.9. The van der Waals surface area contributed by atoms with E-state index in [-0.39, 0.29) is 29.7 Å². The van der Waals surface area contributed by atoms with E-state index in [9.17, 15) is 19.5 Å². The summed E-state index contributed by atoms with van der Waals surface area (Å²) in [7, 11) is 1.65. The average molecular weight is 563 g/mol. The van der Waals surface area contributed by atoms with E-state index in [0.29, 0.717) is 58.2 Å². The van der Waals surface area contributed by atoms with Crippen LogP contribution in [0.15, 0.2) is 71.7 Å². The molecule has 6 rings (SSSR count). The standard InChI is InChI=1S/C34H34N4O4/c1-3-5-31(40)22-10-13-25(14-11-22)35-32-34(42)37(2)19-29(36-32)27-6-4-7-30(28(27)20-39)38-17-16-24-18-23(21-8-9-21)12-15-26(24)33(38)41/h4,6-7,10-15,18-19,21,39H,3,5,8-9,16-17,20H2,1-2H3,(H,35,36). The number of nitrogens with zero attached hydrogens (tertiary/aromatic N) is 3. The minimum atomic E-state index is -0.319. The highest BCUT2D eigenvalue weighted by atomic mass is 16.3. The number of aliphatic hydroxyl groups excluding tert-OH is 1. The van der Waals surface area contributed by atoms with E-state index >= 15 is 0 Å². The van der Waals surface area contributed by atoms with Crippen LogP contribution in [-0.2, 0) is 20.1 Å². The Hall–Kier alpha value is -4.56. The first kappa shape index (κ1) is 27.6. The molecule has 1 amide bonds. The van der Waals surface area contributed by atoms with Crippen LogP contribution in [-0.4, -0.2) is 32.9 Å². The quantitative estimate of drug-likeness (QED) is 0.252. The second-order valence-corrected chi connectivity index (χ2v) is 11.1. The summed E-state index contributed by atoms with van der Waals surface area (Å²) >= 11 is 0. The van der Waals surface area contributed by atoms with Crippen LogP contribution < -0.4 is 15.8 Å². The Labute approximate surface area is 244 Å². The number of hydrogen-bond donors (Lipinski definition) is 2. The van der Waals surface area contributed by atoms with Crippen molar-refractivity contribution in [3.05, 3.63) is 105 Å². The summed E-state index contributed by atoms with van der Waals surface area (Å²) in [6, 6.07) is 18.7. The molecule has 0 bridgehead atoms. The molecular formula is C34H34N4O4. The second kappa shape index (κ2) is 11.4. The third-order valence-corrected chi connectivity index (χ3v) is 8.15. The molecule has 1 saturated carbocycles. The van der Waals surface area contributed by atoms with Crippen molar-refractivity contribution in [1.29, 1.82) is 0 Å². The number of fused-ring (bicyclic) bond motifs is 1. The molecule has 1 aliphatic carbocycles. The normalized spacial score (nSPS) is 14.5. The fourth-order valence-corrected chi connectivity index (χ4v) is 5.71. The van der Waals surface area contributed by atoms with Gasteiger partial charge in [0.2, 0.25) is 0 Å². The van der Waals surface area contributed by atoms with E-state index in [2.05, 4.69) is 22.4 Å². The van der Waals surface area contributed by atoms with Gasteiger partial charge in [0, 0.05) is 54.2 Å². The van der Waals surface area contributed by atoms with E-state index in [1.807, 2.05) is 31.2 Å². The van der Waals surface area contributed by atoms with Crippen molar-refractivity contribution in [2.75, 3.05) is 16.8 Å². The number of nitrogens with one attached hydrogen (secondary N) is 1. The Bertz CT molecular complexity index is 1740. The van der Waals surface area contributed by atoms with Gasteiger partial charge in [0.1, 0.15) is 0 Å². The molecule has 1 fully saturated rings. The number of anilines is 3. The monoisotopic (exact) mass is 562 g/mol. The Balaban J connectivity index is 1.32. The summed E-state index contributed by atoms with van der Waals surface area (Å²) < 4.78 is 1.44. The number of Topliss-reactive ketones (excluding diaryl/α,β-unsaturated/α-hetero) is 1. The topological polar surface area (TPSA) is 105 Å². The molecule has 8 heteroatoms. The van der Waals surface area contributed by atoms with Gasteiger partial charge in [-0.3, -0.25) is 14.4 Å². The van der Waals surface area contributed by atoms with Gasteiger partial charge in [-0.15, -0.1) is 0 Å². The smallest absolute Gasteiger partial charge is 0.293 e. The van der Waals surface area contributed by atoms with Crippen LogP contribution in [0, 0.1) is 0 Å². The summed E-state index contributed by atoms with van der Waals surface area (Å²) in [5.74, 6) is 0.743. The number of hydrogen-bond acceptors (Lipinski definition) is 6. The van der Waals surface area contributed by atoms with Gasteiger partial charge in [0.05, 0.1) is 18.0 Å². The van der Waals surface area contributed by atoms with Gasteiger partial charge in [-0.2, -0.15) is 0 Å². The highest BCUT2D eigenvalue weighted by Crippen LogP contribution is 2.41. The average Bonchev–Trinajstić information content (AvgIpc) is 3.85. The van der Waals surface area contributed by atoms with Crippen LogP contribution in [0.2, 0.25) is 0 Å². The molecular weight excluding hydrogens is 528 g/mol. The zero-order chi connectivity index (χ0) is 29.4. The fourth-order valence-electron chi connectivity index (χ4n) is 5.71. The van der Waals surface area contributed by atoms with Crippen molar-refractivity contribution in [2.24, 2.45) is 7.05 Å². The van der Waals surface area contributed by atoms with E-state index in [0.717, 1.165) is 18.4 Å². The number of benzene rings is 3. The molecule has 2 N–H and O–H groups in total. The lowest BCUT2D eigenvalue weighted by atomic mass is 9.93. The first-order valence-electron chi connectivity index (χ1n) is 14.5. The Morgan fingerprint density at radius 2 is 1.83 bits per heavy atom. The zero-order valence-corrected chi connectivity index (χ0v) is 23.9. The molecule has 8 nitrogen and oxygen atoms in total.